The molecule has 2 aliphatic heterocycles. The summed E-state index contributed by atoms with van der Waals surface area (Å²) in [5.74, 6) is 0.488. The first-order valence-corrected chi connectivity index (χ1v) is 13.1. The maximum atomic E-state index is 12.9. The van der Waals surface area contributed by atoms with E-state index in [1.807, 2.05) is 0 Å². The minimum atomic E-state index is -1.21. The summed E-state index contributed by atoms with van der Waals surface area (Å²) >= 11 is 5.16. The lowest BCUT2D eigenvalue weighted by molar-refractivity contribution is -0.150. The second kappa shape index (κ2) is 10.4. The van der Waals surface area contributed by atoms with Crippen LogP contribution in [0, 0.1) is 12.3 Å². The number of thioether (sulfide) groups is 2. The third kappa shape index (κ3) is 4.87. The minimum Gasteiger partial charge on any atom is -0.477 e. The van der Waals surface area contributed by atoms with Gasteiger partial charge in [-0.3, -0.25) is 14.5 Å². The number of carboxylic acid groups (broad SMARTS) is 1. The van der Waals surface area contributed by atoms with Gasteiger partial charge in [0.05, 0.1) is 0 Å². The summed E-state index contributed by atoms with van der Waals surface area (Å²) in [5.41, 5.74) is 7.72. The Hall–Kier alpha value is -3.13. The monoisotopic (exact) mass is 537 g/mol. The van der Waals surface area contributed by atoms with Crippen LogP contribution in [0.3, 0.4) is 0 Å². The number of nitrogen functional groups attached to an aromatic ring is 1. The summed E-state index contributed by atoms with van der Waals surface area (Å²) in [6.07, 6.45) is 5.14. The molecule has 2 aromatic rings. The molecule has 1 unspecified atom stereocenters. The lowest BCUT2D eigenvalue weighted by Gasteiger charge is -2.49. The molecule has 16 heteroatoms. The topological polar surface area (TPSA) is 173 Å². The molecule has 0 bridgehead atoms. The van der Waals surface area contributed by atoms with Crippen molar-refractivity contribution < 1.29 is 24.3 Å². The van der Waals surface area contributed by atoms with Gasteiger partial charge in [0.1, 0.15) is 28.3 Å². The zero-order valence-electron chi connectivity index (χ0n) is 17.0. The van der Waals surface area contributed by atoms with Crippen LogP contribution in [0.4, 0.5) is 5.13 Å². The number of fused-ring (bicyclic) bond motifs is 1. The fourth-order valence-corrected chi connectivity index (χ4v) is 6.63. The van der Waals surface area contributed by atoms with Gasteiger partial charge in [0.25, 0.3) is 11.8 Å². The highest BCUT2D eigenvalue weighted by Crippen LogP contribution is 2.41. The number of amides is 2. The molecule has 12 nitrogen and oxygen atoms in total. The summed E-state index contributed by atoms with van der Waals surface area (Å²) in [6.45, 7) is -0.171. The van der Waals surface area contributed by atoms with E-state index >= 15 is 0 Å². The number of thiazole rings is 1. The number of nitrogens with zero attached hydrogens (tertiary/aromatic N) is 5. The summed E-state index contributed by atoms with van der Waals surface area (Å²) in [6, 6.07) is -0.946. The molecule has 0 radical (unpaired) electrons. The van der Waals surface area contributed by atoms with E-state index in [9.17, 15) is 19.5 Å². The maximum absolute atomic E-state index is 12.9. The van der Waals surface area contributed by atoms with E-state index in [0.717, 1.165) is 11.3 Å². The third-order valence-electron chi connectivity index (χ3n) is 4.53. The fraction of sp³-hybridized carbons (Fsp3) is 0.278. The first-order valence-electron chi connectivity index (χ1n) is 9.35. The molecular formula is C18H15N7O5S4. The van der Waals surface area contributed by atoms with Crippen molar-refractivity contribution >= 4 is 74.8 Å². The fourth-order valence-electron chi connectivity index (χ4n) is 3.11. The Kier molecular flexibility index (Phi) is 7.36. The van der Waals surface area contributed by atoms with E-state index in [-0.39, 0.29) is 28.8 Å². The number of nitrogens with two attached hydrogens (primary N) is 1. The molecule has 0 aromatic carbocycles. The molecule has 4 N–H and O–H groups in total. The molecule has 0 aliphatic carbocycles. The molecule has 4 rings (SSSR count). The molecule has 4 heterocycles. The minimum absolute atomic E-state index is 0.0743. The second-order valence-corrected chi connectivity index (χ2v) is 10.7. The van der Waals surface area contributed by atoms with Crippen LogP contribution in [0.5, 0.6) is 0 Å². The Bertz CT molecular complexity index is 1220. The molecule has 1 fully saturated rings. The van der Waals surface area contributed by atoms with Crippen LogP contribution in [-0.4, -0.2) is 78.2 Å². The molecule has 0 saturated carbocycles. The lowest BCUT2D eigenvalue weighted by atomic mass is 10.0. The van der Waals surface area contributed by atoms with Gasteiger partial charge < -0.3 is 21.0 Å². The summed E-state index contributed by atoms with van der Waals surface area (Å²) in [4.78, 5) is 47.9. The number of hydrogen-bond donors (Lipinski definition) is 3. The van der Waals surface area contributed by atoms with Crippen LogP contribution in [0.15, 0.2) is 31.7 Å². The van der Waals surface area contributed by atoms with E-state index in [1.54, 1.807) is 5.51 Å². The molecule has 2 aromatic heterocycles. The molecule has 2 atom stereocenters. The molecule has 2 aliphatic rings. The Morgan fingerprint density at radius 3 is 2.94 bits per heavy atom. The van der Waals surface area contributed by atoms with E-state index in [1.165, 1.54) is 45.1 Å². The van der Waals surface area contributed by atoms with E-state index in [0.29, 0.717) is 21.4 Å². The first-order chi connectivity index (χ1) is 16.4. The third-order valence-corrected chi connectivity index (χ3v) is 8.49. The average molecular weight is 538 g/mol. The number of anilines is 1. The van der Waals surface area contributed by atoms with Crippen LogP contribution >= 0.6 is 46.2 Å². The first kappa shape index (κ1) is 24.0. The highest BCUT2D eigenvalue weighted by Gasteiger charge is 2.54. The van der Waals surface area contributed by atoms with Gasteiger partial charge in [-0.15, -0.1) is 39.7 Å². The average Bonchev–Trinajstić information content (AvgIpc) is 3.49. The molecular weight excluding hydrogens is 523 g/mol. The molecule has 0 spiro atoms. The van der Waals surface area contributed by atoms with Crippen molar-refractivity contribution in [3.8, 4) is 12.3 Å². The van der Waals surface area contributed by atoms with Crippen molar-refractivity contribution in [2.75, 3.05) is 23.8 Å². The number of rotatable bonds is 9. The number of β-lactam (4-membered cyclic amide) rings is 1. The number of carbonyl (C=O) groups excluding carboxylic acids is 2. The maximum Gasteiger partial charge on any atom is 0.352 e. The number of aromatic nitrogens is 3. The van der Waals surface area contributed by atoms with Crippen LogP contribution < -0.4 is 11.1 Å². The lowest BCUT2D eigenvalue weighted by Crippen LogP contribution is -2.71. The predicted octanol–water partition coefficient (Wildman–Crippen LogP) is 0.462. The summed E-state index contributed by atoms with van der Waals surface area (Å²) < 4.78 is 0.700. The van der Waals surface area contributed by atoms with E-state index in [4.69, 9.17) is 17.0 Å². The largest absolute Gasteiger partial charge is 0.477 e. The van der Waals surface area contributed by atoms with Crippen molar-refractivity contribution in [3.05, 3.63) is 27.9 Å². The number of carboxylic acids is 1. The SMILES string of the molecule is C#CCON=C(C(=O)NC1C(=O)N2C(C(=O)O)=C(CSc3nncs3)CS[C@@H]12)c1csc(N)n1. The Morgan fingerprint density at radius 2 is 2.29 bits per heavy atom. The van der Waals surface area contributed by atoms with Gasteiger partial charge in [0, 0.05) is 16.9 Å². The number of nitrogens with one attached hydrogen (secondary N) is 1. The molecule has 1 saturated heterocycles. The van der Waals surface area contributed by atoms with Crippen molar-refractivity contribution in [3.63, 3.8) is 0 Å². The Balaban J connectivity index is 1.49. The van der Waals surface area contributed by atoms with Crippen LogP contribution in [0.1, 0.15) is 5.69 Å². The van der Waals surface area contributed by atoms with E-state index in [2.05, 4.69) is 31.6 Å². The molecule has 34 heavy (non-hydrogen) atoms. The molecule has 2 amide bonds. The van der Waals surface area contributed by atoms with Crippen molar-refractivity contribution in [1.29, 1.82) is 0 Å². The van der Waals surface area contributed by atoms with Gasteiger partial charge in [0.2, 0.25) is 0 Å². The zero-order valence-corrected chi connectivity index (χ0v) is 20.3. The number of oxime groups is 1. The summed E-state index contributed by atoms with van der Waals surface area (Å²) in [5, 5.41) is 25.0. The highest BCUT2D eigenvalue weighted by atomic mass is 32.2. The van der Waals surface area contributed by atoms with Gasteiger partial charge in [0.15, 0.2) is 21.8 Å². The van der Waals surface area contributed by atoms with Crippen molar-refractivity contribution in [1.82, 2.24) is 25.4 Å². The van der Waals surface area contributed by atoms with Gasteiger partial charge in [-0.25, -0.2) is 9.78 Å². The highest BCUT2D eigenvalue weighted by molar-refractivity contribution is 8.01. The van der Waals surface area contributed by atoms with Crippen molar-refractivity contribution in [2.24, 2.45) is 5.16 Å². The van der Waals surface area contributed by atoms with E-state index < -0.39 is 29.2 Å². The Labute approximate surface area is 209 Å². The zero-order chi connectivity index (χ0) is 24.2. The predicted molar refractivity (Wildman–Crippen MR) is 128 cm³/mol. The number of aliphatic carboxylic acids is 1. The Morgan fingerprint density at radius 1 is 1.47 bits per heavy atom. The van der Waals surface area contributed by atoms with Crippen LogP contribution in [-0.2, 0) is 19.2 Å². The van der Waals surface area contributed by atoms with Crippen LogP contribution in [0.25, 0.3) is 0 Å². The van der Waals surface area contributed by atoms with Crippen LogP contribution in [0.2, 0.25) is 0 Å². The van der Waals surface area contributed by atoms with Gasteiger partial charge in [-0.05, 0) is 5.57 Å². The van der Waals surface area contributed by atoms with Crippen molar-refractivity contribution in [2.45, 2.75) is 15.8 Å². The second-order valence-electron chi connectivity index (χ2n) is 6.60. The van der Waals surface area contributed by atoms with Gasteiger partial charge >= 0.3 is 5.97 Å². The van der Waals surface area contributed by atoms with Gasteiger partial charge in [-0.1, -0.05) is 34.2 Å². The smallest absolute Gasteiger partial charge is 0.352 e. The van der Waals surface area contributed by atoms with Gasteiger partial charge in [-0.2, -0.15) is 0 Å². The summed E-state index contributed by atoms with van der Waals surface area (Å²) in [7, 11) is 0. The normalized spacial score (nSPS) is 19.8. The number of hydrogen-bond acceptors (Lipinski definition) is 13. The number of carbonyl (C=O) groups is 3. The number of terminal acetylenes is 1. The molecule has 176 valence electrons. The quantitative estimate of drug-likeness (QED) is 0.101. The standard InChI is InChI=1S/C18H15N7O5S4/c1-2-3-30-24-10(9-6-32-17(19)21-9)13(26)22-11-14(27)25-12(16(28)29)8(4-31-15(11)25)5-33-18-23-20-7-34-18/h1,6-7,11,15H,3-5H2,(H2,19,21)(H,22,26)(H,28,29)/t11?,15-/m0/s1.